The van der Waals surface area contributed by atoms with Crippen LogP contribution in [-0.2, 0) is 6.18 Å². The summed E-state index contributed by atoms with van der Waals surface area (Å²) in [5.74, 6) is 0. The van der Waals surface area contributed by atoms with Crippen molar-refractivity contribution in [2.75, 3.05) is 7.05 Å². The molecular formula is C11H11F6N. The number of benzene rings is 1. The molecule has 0 radical (unpaired) electrons. The lowest BCUT2D eigenvalue weighted by Crippen LogP contribution is -2.32. The van der Waals surface area contributed by atoms with Gasteiger partial charge in [-0.1, -0.05) is 6.07 Å². The Morgan fingerprint density at radius 3 is 1.94 bits per heavy atom. The summed E-state index contributed by atoms with van der Waals surface area (Å²) in [5, 5.41) is 2.05. The van der Waals surface area contributed by atoms with E-state index in [0.29, 0.717) is 12.1 Å². The molecule has 1 N–H and O–H groups in total. The lowest BCUT2D eigenvalue weighted by atomic mass is 9.98. The summed E-state index contributed by atoms with van der Waals surface area (Å²) in [5.41, 5.74) is -1.22. The van der Waals surface area contributed by atoms with E-state index in [1.54, 1.807) is 0 Å². The molecule has 1 unspecified atom stereocenters. The molecule has 0 aromatic heterocycles. The third kappa shape index (κ3) is 3.16. The third-order valence-electron chi connectivity index (χ3n) is 2.52. The summed E-state index contributed by atoms with van der Waals surface area (Å²) in [7, 11) is 1.11. The number of hydrogen-bond acceptors (Lipinski definition) is 1. The Morgan fingerprint density at radius 1 is 1.06 bits per heavy atom. The van der Waals surface area contributed by atoms with Crippen molar-refractivity contribution in [2.45, 2.75) is 25.3 Å². The second kappa shape index (κ2) is 4.79. The first-order chi connectivity index (χ1) is 8.07. The minimum atomic E-state index is -4.56. The maximum Gasteiger partial charge on any atom is 0.416 e. The van der Waals surface area contributed by atoms with Crippen LogP contribution in [0.3, 0.4) is 0 Å². The van der Waals surface area contributed by atoms with E-state index in [1.807, 2.05) is 0 Å². The second-order valence-electron chi connectivity index (χ2n) is 3.83. The van der Waals surface area contributed by atoms with Crippen LogP contribution in [0, 0.1) is 6.92 Å². The largest absolute Gasteiger partial charge is 0.416 e. The van der Waals surface area contributed by atoms with Crippen LogP contribution < -0.4 is 5.32 Å². The van der Waals surface area contributed by atoms with Crippen LogP contribution in [0.5, 0.6) is 0 Å². The van der Waals surface area contributed by atoms with Crippen molar-refractivity contribution in [3.05, 3.63) is 34.9 Å². The number of hydrogen-bond donors (Lipinski definition) is 1. The Hall–Kier alpha value is -1.24. The van der Waals surface area contributed by atoms with Crippen LogP contribution in [0.4, 0.5) is 26.3 Å². The van der Waals surface area contributed by atoms with Gasteiger partial charge in [0.05, 0.1) is 5.56 Å². The molecule has 1 aromatic rings. The van der Waals surface area contributed by atoms with Crippen molar-refractivity contribution in [3.8, 4) is 0 Å². The van der Waals surface area contributed by atoms with E-state index >= 15 is 0 Å². The van der Waals surface area contributed by atoms with E-state index in [1.165, 1.54) is 6.92 Å². The summed E-state index contributed by atoms with van der Waals surface area (Å²) in [6.45, 7) is 1.22. The molecule has 1 aromatic carbocycles. The minimum Gasteiger partial charge on any atom is -0.306 e. The molecule has 0 aliphatic rings. The highest BCUT2D eigenvalue weighted by molar-refractivity contribution is 5.35. The summed E-state index contributed by atoms with van der Waals surface area (Å²) in [6.07, 6.45) is -9.12. The average Bonchev–Trinajstić information content (AvgIpc) is 2.17. The quantitative estimate of drug-likeness (QED) is 0.806. The maximum absolute atomic E-state index is 12.6. The average molecular weight is 271 g/mol. The van der Waals surface area contributed by atoms with Gasteiger partial charge in [-0.25, -0.2) is 0 Å². The molecule has 1 nitrogen and oxygen atoms in total. The molecule has 1 atom stereocenters. The zero-order chi connectivity index (χ0) is 14.1. The van der Waals surface area contributed by atoms with Gasteiger partial charge in [0.15, 0.2) is 0 Å². The van der Waals surface area contributed by atoms with Crippen molar-refractivity contribution in [1.29, 1.82) is 0 Å². The number of rotatable bonds is 2. The smallest absolute Gasteiger partial charge is 0.306 e. The molecule has 0 heterocycles. The van der Waals surface area contributed by atoms with Crippen molar-refractivity contribution in [3.63, 3.8) is 0 Å². The molecule has 0 saturated heterocycles. The lowest BCUT2D eigenvalue weighted by molar-refractivity contribution is -0.156. The van der Waals surface area contributed by atoms with Crippen molar-refractivity contribution >= 4 is 0 Å². The minimum absolute atomic E-state index is 0.0542. The molecule has 0 bridgehead atoms. The van der Waals surface area contributed by atoms with Crippen LogP contribution in [-0.4, -0.2) is 13.2 Å². The van der Waals surface area contributed by atoms with E-state index in [0.717, 1.165) is 13.1 Å². The molecule has 0 fully saturated rings. The van der Waals surface area contributed by atoms with Gasteiger partial charge in [-0.2, -0.15) is 26.3 Å². The SMILES string of the molecule is CNC(c1ccc(C(F)(F)F)cc1C)C(F)(F)F. The summed E-state index contributed by atoms with van der Waals surface area (Å²) >= 11 is 0. The first kappa shape index (κ1) is 14.8. The van der Waals surface area contributed by atoms with Crippen LogP contribution in [0.1, 0.15) is 22.7 Å². The van der Waals surface area contributed by atoms with E-state index in [-0.39, 0.29) is 11.1 Å². The Morgan fingerprint density at radius 2 is 1.61 bits per heavy atom. The molecule has 0 saturated carbocycles. The van der Waals surface area contributed by atoms with Gasteiger partial charge in [0.25, 0.3) is 0 Å². The van der Waals surface area contributed by atoms with Gasteiger partial charge in [0.1, 0.15) is 6.04 Å². The predicted octanol–water partition coefficient (Wildman–Crippen LogP) is 3.84. The highest BCUT2D eigenvalue weighted by Gasteiger charge is 2.41. The first-order valence-electron chi connectivity index (χ1n) is 4.99. The third-order valence-corrected chi connectivity index (χ3v) is 2.52. The summed E-state index contributed by atoms with van der Waals surface area (Å²) < 4.78 is 75.0. The van der Waals surface area contributed by atoms with E-state index in [9.17, 15) is 26.3 Å². The standard InChI is InChI=1S/C11H11F6N/c1-6-5-7(10(12,13)14)3-4-8(6)9(18-2)11(15,16)17/h3-5,9,18H,1-2H3. The maximum atomic E-state index is 12.6. The van der Waals surface area contributed by atoms with Crippen LogP contribution >= 0.6 is 0 Å². The fraction of sp³-hybridized carbons (Fsp3) is 0.455. The fourth-order valence-corrected chi connectivity index (χ4v) is 1.67. The van der Waals surface area contributed by atoms with E-state index in [4.69, 9.17) is 0 Å². The van der Waals surface area contributed by atoms with Gasteiger partial charge in [-0.15, -0.1) is 0 Å². The Kier molecular flexibility index (Phi) is 3.95. The second-order valence-corrected chi connectivity index (χ2v) is 3.83. The normalized spacial score (nSPS) is 14.7. The fourth-order valence-electron chi connectivity index (χ4n) is 1.67. The molecule has 0 spiro atoms. The van der Waals surface area contributed by atoms with Crippen molar-refractivity contribution < 1.29 is 26.3 Å². The number of aryl methyl sites for hydroxylation is 1. The molecule has 0 amide bonds. The predicted molar refractivity (Wildman–Crippen MR) is 54.0 cm³/mol. The molecular weight excluding hydrogens is 260 g/mol. The molecule has 18 heavy (non-hydrogen) atoms. The number of halogens is 6. The van der Waals surface area contributed by atoms with Crippen molar-refractivity contribution in [1.82, 2.24) is 5.32 Å². The molecule has 102 valence electrons. The Bertz CT molecular complexity index is 421. The summed E-state index contributed by atoms with van der Waals surface area (Å²) in [4.78, 5) is 0. The van der Waals surface area contributed by atoms with Gasteiger partial charge in [0.2, 0.25) is 0 Å². The monoisotopic (exact) mass is 271 g/mol. The van der Waals surface area contributed by atoms with E-state index in [2.05, 4.69) is 5.32 Å². The molecule has 0 aliphatic carbocycles. The number of nitrogens with one attached hydrogen (secondary N) is 1. The molecule has 0 aliphatic heterocycles. The first-order valence-corrected chi connectivity index (χ1v) is 4.99. The van der Waals surface area contributed by atoms with Crippen LogP contribution in [0.25, 0.3) is 0 Å². The topological polar surface area (TPSA) is 12.0 Å². The van der Waals surface area contributed by atoms with Crippen LogP contribution in [0.15, 0.2) is 18.2 Å². The zero-order valence-corrected chi connectivity index (χ0v) is 9.58. The van der Waals surface area contributed by atoms with Crippen molar-refractivity contribution in [2.24, 2.45) is 0 Å². The number of alkyl halides is 6. The van der Waals surface area contributed by atoms with Gasteiger partial charge < -0.3 is 5.32 Å². The van der Waals surface area contributed by atoms with Gasteiger partial charge >= 0.3 is 12.4 Å². The summed E-state index contributed by atoms with van der Waals surface area (Å²) in [6, 6.07) is 0.246. The highest BCUT2D eigenvalue weighted by atomic mass is 19.4. The van der Waals surface area contributed by atoms with E-state index < -0.39 is 24.0 Å². The lowest BCUT2D eigenvalue weighted by Gasteiger charge is -2.22. The van der Waals surface area contributed by atoms with Crippen LogP contribution in [0.2, 0.25) is 0 Å². The molecule has 1 rings (SSSR count). The Labute approximate surface area is 99.8 Å². The highest BCUT2D eigenvalue weighted by Crippen LogP contribution is 2.36. The van der Waals surface area contributed by atoms with Gasteiger partial charge in [-0.3, -0.25) is 0 Å². The van der Waals surface area contributed by atoms with Gasteiger partial charge in [0, 0.05) is 0 Å². The van der Waals surface area contributed by atoms with Gasteiger partial charge in [-0.05, 0) is 37.2 Å². The Balaban J connectivity index is 3.21. The zero-order valence-electron chi connectivity index (χ0n) is 9.58. The molecule has 7 heteroatoms.